The van der Waals surface area contributed by atoms with Crippen LogP contribution < -0.4 is 5.46 Å². The Hall–Kier alpha value is -0.875. The summed E-state index contributed by atoms with van der Waals surface area (Å²) in [6, 6.07) is 7.92. The highest BCUT2D eigenvalue weighted by Crippen LogP contribution is 2.36. The van der Waals surface area contributed by atoms with Crippen LogP contribution in [0.5, 0.6) is 0 Å². The minimum absolute atomic E-state index is 0.321. The van der Waals surface area contributed by atoms with E-state index in [1.54, 1.807) is 14.2 Å². The third kappa shape index (κ3) is 2.77. The first-order valence-electron chi connectivity index (χ1n) is 6.82. The van der Waals surface area contributed by atoms with E-state index in [0.29, 0.717) is 0 Å². The smallest absolute Gasteiger partial charge is 0.399 e. The maximum atomic E-state index is 6.02. The van der Waals surface area contributed by atoms with E-state index in [4.69, 9.17) is 18.8 Å². The van der Waals surface area contributed by atoms with Crippen molar-refractivity contribution in [2.45, 2.75) is 45.2 Å². The van der Waals surface area contributed by atoms with Crippen molar-refractivity contribution in [1.82, 2.24) is 0 Å². The maximum Gasteiger partial charge on any atom is 0.494 e. The molecule has 1 aliphatic rings. The van der Waals surface area contributed by atoms with Gasteiger partial charge in [-0.1, -0.05) is 24.3 Å². The molecule has 0 amide bonds. The molecule has 1 aliphatic heterocycles. The molecule has 4 nitrogen and oxygen atoms in total. The Kier molecular flexibility index (Phi) is 4.26. The average molecular weight is 278 g/mol. The summed E-state index contributed by atoms with van der Waals surface area (Å²) in [6.07, 6.45) is -0.345. The molecule has 110 valence electrons. The van der Waals surface area contributed by atoms with Crippen LogP contribution in [0, 0.1) is 0 Å². The van der Waals surface area contributed by atoms with Gasteiger partial charge < -0.3 is 18.8 Å². The van der Waals surface area contributed by atoms with E-state index in [2.05, 4.69) is 0 Å². The number of ether oxygens (including phenoxy) is 2. The third-order valence-corrected chi connectivity index (χ3v) is 4.16. The van der Waals surface area contributed by atoms with Gasteiger partial charge >= 0.3 is 7.12 Å². The summed E-state index contributed by atoms with van der Waals surface area (Å²) >= 11 is 0. The molecule has 0 radical (unpaired) electrons. The van der Waals surface area contributed by atoms with E-state index in [1.807, 2.05) is 52.0 Å². The van der Waals surface area contributed by atoms with Crippen LogP contribution in [0.15, 0.2) is 24.3 Å². The minimum Gasteiger partial charge on any atom is -0.399 e. The number of benzene rings is 1. The predicted molar refractivity (Wildman–Crippen MR) is 78.9 cm³/mol. The van der Waals surface area contributed by atoms with E-state index in [0.717, 1.165) is 11.0 Å². The van der Waals surface area contributed by atoms with Crippen molar-refractivity contribution in [2.75, 3.05) is 14.2 Å². The van der Waals surface area contributed by atoms with E-state index < -0.39 is 0 Å². The van der Waals surface area contributed by atoms with Gasteiger partial charge in [0.1, 0.15) is 0 Å². The molecule has 0 atom stereocenters. The summed E-state index contributed by atoms with van der Waals surface area (Å²) < 4.78 is 22.5. The van der Waals surface area contributed by atoms with Gasteiger partial charge in [0, 0.05) is 19.8 Å². The quantitative estimate of drug-likeness (QED) is 0.625. The summed E-state index contributed by atoms with van der Waals surface area (Å²) in [6.45, 7) is 8.20. The first kappa shape index (κ1) is 15.5. The average Bonchev–Trinajstić information content (AvgIpc) is 2.61. The zero-order chi connectivity index (χ0) is 15.0. The summed E-state index contributed by atoms with van der Waals surface area (Å²) in [5, 5.41) is 0. The van der Waals surface area contributed by atoms with Crippen LogP contribution in [0.2, 0.25) is 0 Å². The van der Waals surface area contributed by atoms with Crippen molar-refractivity contribution in [3.05, 3.63) is 29.8 Å². The van der Waals surface area contributed by atoms with Crippen molar-refractivity contribution in [2.24, 2.45) is 0 Å². The fourth-order valence-corrected chi connectivity index (χ4v) is 2.16. The van der Waals surface area contributed by atoms with Crippen molar-refractivity contribution in [3.8, 4) is 0 Å². The van der Waals surface area contributed by atoms with Crippen LogP contribution in [0.4, 0.5) is 0 Å². The topological polar surface area (TPSA) is 36.9 Å². The first-order valence-corrected chi connectivity index (χ1v) is 6.82. The number of hydrogen-bond acceptors (Lipinski definition) is 4. The van der Waals surface area contributed by atoms with Gasteiger partial charge in [0.25, 0.3) is 0 Å². The Morgan fingerprint density at radius 1 is 0.900 bits per heavy atom. The van der Waals surface area contributed by atoms with E-state index in [-0.39, 0.29) is 24.6 Å². The monoisotopic (exact) mass is 278 g/mol. The molecular formula is C15H23BO4. The van der Waals surface area contributed by atoms with Crippen LogP contribution >= 0.6 is 0 Å². The van der Waals surface area contributed by atoms with E-state index in [1.165, 1.54) is 0 Å². The highest BCUT2D eigenvalue weighted by molar-refractivity contribution is 6.62. The standard InChI is InChI=1S/C15H23BO4/c1-14(2)15(3,4)20-16(19-14)12-9-7-11(8-10-12)13(17-5)18-6/h7-10,13H,1-6H3. The second-order valence-corrected chi connectivity index (χ2v) is 6.06. The van der Waals surface area contributed by atoms with Crippen molar-refractivity contribution in [1.29, 1.82) is 0 Å². The molecule has 1 aromatic carbocycles. The summed E-state index contributed by atoms with van der Waals surface area (Å²) in [5.74, 6) is 0. The molecule has 5 heteroatoms. The van der Waals surface area contributed by atoms with Gasteiger partial charge in [-0.2, -0.15) is 0 Å². The van der Waals surface area contributed by atoms with Crippen LogP contribution in [0.1, 0.15) is 39.5 Å². The first-order chi connectivity index (χ1) is 9.30. The number of hydrogen-bond donors (Lipinski definition) is 0. The van der Waals surface area contributed by atoms with Gasteiger partial charge in [0.15, 0.2) is 6.29 Å². The Bertz CT molecular complexity index is 435. The zero-order valence-corrected chi connectivity index (χ0v) is 13.1. The van der Waals surface area contributed by atoms with Crippen LogP contribution in [0.25, 0.3) is 0 Å². The Morgan fingerprint density at radius 2 is 1.35 bits per heavy atom. The van der Waals surface area contributed by atoms with Gasteiger partial charge in [-0.3, -0.25) is 0 Å². The highest BCUT2D eigenvalue weighted by Gasteiger charge is 2.51. The molecule has 0 saturated carbocycles. The van der Waals surface area contributed by atoms with Gasteiger partial charge in [-0.05, 0) is 33.2 Å². The lowest BCUT2D eigenvalue weighted by Gasteiger charge is -2.32. The number of methoxy groups -OCH3 is 2. The molecule has 2 rings (SSSR count). The predicted octanol–water partition coefficient (Wildman–Crippen LogP) is 2.28. The molecule has 0 aromatic heterocycles. The van der Waals surface area contributed by atoms with Crippen LogP contribution in [-0.4, -0.2) is 32.5 Å². The molecule has 1 saturated heterocycles. The molecule has 0 unspecified atom stereocenters. The lowest BCUT2D eigenvalue weighted by Crippen LogP contribution is -2.41. The van der Waals surface area contributed by atoms with Gasteiger partial charge in [0.2, 0.25) is 0 Å². The van der Waals surface area contributed by atoms with E-state index >= 15 is 0 Å². The lowest BCUT2D eigenvalue weighted by atomic mass is 9.79. The fraction of sp³-hybridized carbons (Fsp3) is 0.600. The summed E-state index contributed by atoms with van der Waals surface area (Å²) in [4.78, 5) is 0. The fourth-order valence-electron chi connectivity index (χ4n) is 2.16. The Balaban J connectivity index is 2.16. The molecule has 0 bridgehead atoms. The molecular weight excluding hydrogens is 255 g/mol. The molecule has 0 aliphatic carbocycles. The van der Waals surface area contributed by atoms with Crippen LogP contribution in [-0.2, 0) is 18.8 Å². The minimum atomic E-state index is -0.345. The van der Waals surface area contributed by atoms with Gasteiger partial charge in [-0.25, -0.2) is 0 Å². The largest absolute Gasteiger partial charge is 0.494 e. The Labute approximate surface area is 121 Å². The van der Waals surface area contributed by atoms with Crippen molar-refractivity contribution < 1.29 is 18.8 Å². The SMILES string of the molecule is COC(OC)c1ccc(B2OC(C)(C)C(C)(C)O2)cc1. The van der Waals surface area contributed by atoms with Crippen LogP contribution in [0.3, 0.4) is 0 Å². The second kappa shape index (κ2) is 5.49. The zero-order valence-electron chi connectivity index (χ0n) is 13.1. The second-order valence-electron chi connectivity index (χ2n) is 6.06. The number of rotatable bonds is 4. The summed E-state index contributed by atoms with van der Waals surface area (Å²) in [5.41, 5.74) is 1.32. The highest BCUT2D eigenvalue weighted by atomic mass is 16.7. The molecule has 0 spiro atoms. The summed E-state index contributed by atoms with van der Waals surface area (Å²) in [7, 11) is 2.91. The normalized spacial score (nSPS) is 20.6. The van der Waals surface area contributed by atoms with E-state index in [9.17, 15) is 0 Å². The molecule has 0 N–H and O–H groups in total. The van der Waals surface area contributed by atoms with Gasteiger partial charge in [0.05, 0.1) is 11.2 Å². The lowest BCUT2D eigenvalue weighted by molar-refractivity contribution is -0.106. The van der Waals surface area contributed by atoms with Crippen molar-refractivity contribution >= 4 is 12.6 Å². The maximum absolute atomic E-state index is 6.02. The van der Waals surface area contributed by atoms with Crippen molar-refractivity contribution in [3.63, 3.8) is 0 Å². The Morgan fingerprint density at radius 3 is 1.75 bits per heavy atom. The molecule has 1 heterocycles. The third-order valence-electron chi connectivity index (χ3n) is 4.16. The molecule has 1 fully saturated rings. The molecule has 20 heavy (non-hydrogen) atoms. The van der Waals surface area contributed by atoms with Gasteiger partial charge in [-0.15, -0.1) is 0 Å². The molecule has 1 aromatic rings.